The van der Waals surface area contributed by atoms with Crippen LogP contribution in [-0.4, -0.2) is 47.2 Å². The molecule has 1 aliphatic rings. The number of aromatic hydroxyl groups is 2. The first-order chi connectivity index (χ1) is 11.2. The highest BCUT2D eigenvalue weighted by molar-refractivity contribution is 6.27. The Hall–Kier alpha value is -2.80. The standard InChI is InChI=1S/C17H18O7/c1-7(2)10(18)5-9-13(19)12-8(14(20)17(9)24-4)6-11(23-3)15(21)16(12)22/h6,10,18,21-22H,1,5H2,2-4H3/t10-/m0/s1. The van der Waals surface area contributed by atoms with Gasteiger partial charge >= 0.3 is 0 Å². The van der Waals surface area contributed by atoms with E-state index in [1.54, 1.807) is 6.92 Å². The van der Waals surface area contributed by atoms with E-state index in [2.05, 4.69) is 6.58 Å². The number of ether oxygens (including phenoxy) is 2. The van der Waals surface area contributed by atoms with Gasteiger partial charge in [-0.1, -0.05) is 12.2 Å². The first-order valence-corrected chi connectivity index (χ1v) is 7.07. The molecule has 0 fully saturated rings. The largest absolute Gasteiger partial charge is 0.504 e. The lowest BCUT2D eigenvalue weighted by molar-refractivity contribution is 0.0891. The lowest BCUT2D eigenvalue weighted by Gasteiger charge is -2.23. The van der Waals surface area contributed by atoms with Gasteiger partial charge in [0.05, 0.1) is 25.9 Å². The summed E-state index contributed by atoms with van der Waals surface area (Å²) in [6.07, 6.45) is -1.26. The lowest BCUT2D eigenvalue weighted by atomic mass is 9.84. The Morgan fingerprint density at radius 2 is 1.79 bits per heavy atom. The molecule has 1 aliphatic carbocycles. The van der Waals surface area contributed by atoms with Crippen LogP contribution in [-0.2, 0) is 4.74 Å². The van der Waals surface area contributed by atoms with Gasteiger partial charge in [-0.2, -0.15) is 0 Å². The first kappa shape index (κ1) is 17.6. The van der Waals surface area contributed by atoms with Crippen molar-refractivity contribution in [2.45, 2.75) is 19.4 Å². The number of ketones is 2. The summed E-state index contributed by atoms with van der Waals surface area (Å²) in [6, 6.07) is 1.16. The van der Waals surface area contributed by atoms with Gasteiger partial charge in [-0.25, -0.2) is 0 Å². The molecule has 0 heterocycles. The molecule has 24 heavy (non-hydrogen) atoms. The van der Waals surface area contributed by atoms with Crippen LogP contribution in [0.1, 0.15) is 34.1 Å². The number of hydrogen-bond donors (Lipinski definition) is 3. The number of phenols is 2. The van der Waals surface area contributed by atoms with Gasteiger partial charge in [-0.15, -0.1) is 0 Å². The molecule has 1 atom stereocenters. The van der Waals surface area contributed by atoms with Crippen LogP contribution in [0.4, 0.5) is 0 Å². The minimum Gasteiger partial charge on any atom is -0.504 e. The Kier molecular flexibility index (Phi) is 4.66. The molecule has 0 aromatic heterocycles. The van der Waals surface area contributed by atoms with Gasteiger partial charge in [0.2, 0.25) is 11.5 Å². The number of Topliss-reactive ketones (excluding diaryl/α,β-unsaturated/α-hetero) is 2. The Labute approximate surface area is 138 Å². The second kappa shape index (κ2) is 6.37. The van der Waals surface area contributed by atoms with E-state index in [4.69, 9.17) is 9.47 Å². The molecule has 0 unspecified atom stereocenters. The Morgan fingerprint density at radius 1 is 1.17 bits per heavy atom. The zero-order valence-corrected chi connectivity index (χ0v) is 13.5. The van der Waals surface area contributed by atoms with Crippen LogP contribution in [0.5, 0.6) is 17.2 Å². The summed E-state index contributed by atoms with van der Waals surface area (Å²) < 4.78 is 9.94. The number of carbonyl (C=O) groups excluding carboxylic acids is 2. The first-order valence-electron chi connectivity index (χ1n) is 7.07. The van der Waals surface area contributed by atoms with Crippen LogP contribution >= 0.6 is 0 Å². The summed E-state index contributed by atoms with van der Waals surface area (Å²) in [5.41, 5.74) is -0.170. The number of phenolic OH excluding ortho intramolecular Hbond substituents is 2. The van der Waals surface area contributed by atoms with E-state index in [1.165, 1.54) is 14.2 Å². The van der Waals surface area contributed by atoms with Crippen molar-refractivity contribution in [1.29, 1.82) is 0 Å². The molecule has 0 radical (unpaired) electrons. The quantitative estimate of drug-likeness (QED) is 0.555. The highest BCUT2D eigenvalue weighted by Crippen LogP contribution is 2.44. The molecule has 7 heteroatoms. The van der Waals surface area contributed by atoms with Crippen LogP contribution in [0.15, 0.2) is 29.6 Å². The third-order valence-electron chi connectivity index (χ3n) is 3.86. The predicted molar refractivity (Wildman–Crippen MR) is 84.5 cm³/mol. The van der Waals surface area contributed by atoms with E-state index >= 15 is 0 Å². The molecular formula is C17H18O7. The highest BCUT2D eigenvalue weighted by Gasteiger charge is 2.38. The molecule has 0 saturated carbocycles. The Balaban J connectivity index is 2.67. The van der Waals surface area contributed by atoms with E-state index in [9.17, 15) is 24.9 Å². The average Bonchev–Trinajstić information content (AvgIpc) is 2.54. The van der Waals surface area contributed by atoms with Crippen molar-refractivity contribution < 1.29 is 34.4 Å². The monoisotopic (exact) mass is 334 g/mol. The van der Waals surface area contributed by atoms with Crippen LogP contribution in [0.25, 0.3) is 0 Å². The molecule has 0 bridgehead atoms. The smallest absolute Gasteiger partial charge is 0.228 e. The fourth-order valence-electron chi connectivity index (χ4n) is 2.48. The molecule has 0 saturated heterocycles. The number of fused-ring (bicyclic) bond motifs is 1. The van der Waals surface area contributed by atoms with Crippen molar-refractivity contribution in [2.24, 2.45) is 0 Å². The van der Waals surface area contributed by atoms with Crippen molar-refractivity contribution in [3.8, 4) is 17.2 Å². The van der Waals surface area contributed by atoms with Gasteiger partial charge in [-0.3, -0.25) is 9.59 Å². The predicted octanol–water partition coefficient (Wildman–Crippen LogP) is 1.71. The maximum Gasteiger partial charge on any atom is 0.228 e. The summed E-state index contributed by atoms with van der Waals surface area (Å²) >= 11 is 0. The van der Waals surface area contributed by atoms with Gasteiger partial charge in [0.15, 0.2) is 23.0 Å². The molecule has 128 valence electrons. The fraction of sp³-hybridized carbons (Fsp3) is 0.294. The second-order valence-electron chi connectivity index (χ2n) is 5.43. The minimum absolute atomic E-state index is 0.0923. The second-order valence-corrected chi connectivity index (χ2v) is 5.43. The molecule has 0 amide bonds. The number of aliphatic hydroxyl groups is 1. The van der Waals surface area contributed by atoms with Crippen molar-refractivity contribution >= 4 is 11.6 Å². The average molecular weight is 334 g/mol. The van der Waals surface area contributed by atoms with Crippen molar-refractivity contribution in [3.63, 3.8) is 0 Å². The van der Waals surface area contributed by atoms with E-state index in [-0.39, 0.29) is 34.6 Å². The van der Waals surface area contributed by atoms with Crippen molar-refractivity contribution in [2.75, 3.05) is 14.2 Å². The molecule has 1 aromatic carbocycles. The van der Waals surface area contributed by atoms with Crippen molar-refractivity contribution in [3.05, 3.63) is 40.7 Å². The van der Waals surface area contributed by atoms with Gasteiger partial charge < -0.3 is 24.8 Å². The van der Waals surface area contributed by atoms with Gasteiger partial charge in [0.25, 0.3) is 0 Å². The number of carbonyl (C=O) groups is 2. The molecular weight excluding hydrogens is 316 g/mol. The lowest BCUT2D eigenvalue weighted by Crippen LogP contribution is -2.26. The van der Waals surface area contributed by atoms with E-state index in [0.29, 0.717) is 5.57 Å². The van der Waals surface area contributed by atoms with Gasteiger partial charge in [0.1, 0.15) is 0 Å². The van der Waals surface area contributed by atoms with Gasteiger partial charge in [0, 0.05) is 17.6 Å². The van der Waals surface area contributed by atoms with Crippen LogP contribution in [0.3, 0.4) is 0 Å². The molecule has 3 N–H and O–H groups in total. The number of aliphatic hydroxyl groups excluding tert-OH is 1. The van der Waals surface area contributed by atoms with Crippen LogP contribution in [0, 0.1) is 0 Å². The van der Waals surface area contributed by atoms with Crippen LogP contribution < -0.4 is 4.74 Å². The summed E-state index contributed by atoms with van der Waals surface area (Å²) in [7, 11) is 2.48. The molecule has 2 rings (SSSR count). The van der Waals surface area contributed by atoms with Gasteiger partial charge in [-0.05, 0) is 13.0 Å². The maximum absolute atomic E-state index is 12.7. The number of hydrogen-bond acceptors (Lipinski definition) is 7. The summed E-state index contributed by atoms with van der Waals surface area (Å²) in [5.74, 6) is -3.12. The van der Waals surface area contributed by atoms with Crippen molar-refractivity contribution in [1.82, 2.24) is 0 Å². The molecule has 0 spiro atoms. The fourth-order valence-corrected chi connectivity index (χ4v) is 2.48. The van der Waals surface area contributed by atoms with E-state index in [0.717, 1.165) is 6.07 Å². The summed E-state index contributed by atoms with van der Waals surface area (Å²) in [4.78, 5) is 25.3. The van der Waals surface area contributed by atoms with E-state index < -0.39 is 29.2 Å². The number of allylic oxidation sites excluding steroid dienone is 1. The Morgan fingerprint density at radius 3 is 2.29 bits per heavy atom. The maximum atomic E-state index is 12.7. The SMILES string of the molecule is C=C(C)[C@@H](O)CC1=C(OC)C(=O)c2cc(OC)c(O)c(O)c2C1=O. The third kappa shape index (κ3) is 2.63. The molecule has 7 nitrogen and oxygen atoms in total. The number of benzene rings is 1. The normalized spacial score (nSPS) is 15.2. The molecule has 0 aliphatic heterocycles. The molecule has 1 aromatic rings. The van der Waals surface area contributed by atoms with E-state index in [1.807, 2.05) is 0 Å². The Bertz CT molecular complexity index is 774. The zero-order valence-electron chi connectivity index (χ0n) is 13.5. The summed E-state index contributed by atoms with van der Waals surface area (Å²) in [6.45, 7) is 5.18. The summed E-state index contributed by atoms with van der Waals surface area (Å²) in [5, 5.41) is 30.0. The topological polar surface area (TPSA) is 113 Å². The number of methoxy groups -OCH3 is 2. The minimum atomic E-state index is -1.06. The highest BCUT2D eigenvalue weighted by atomic mass is 16.5. The third-order valence-corrected chi connectivity index (χ3v) is 3.86. The number of rotatable bonds is 5. The zero-order chi connectivity index (χ0) is 18.2. The van der Waals surface area contributed by atoms with Crippen LogP contribution in [0.2, 0.25) is 0 Å².